The van der Waals surface area contributed by atoms with Crippen LogP contribution in [0.25, 0.3) is 0 Å². The van der Waals surface area contributed by atoms with Gasteiger partial charge in [0.15, 0.2) is 0 Å². The third-order valence-electron chi connectivity index (χ3n) is 3.87. The number of halogens is 6. The highest BCUT2D eigenvalue weighted by Gasteiger charge is 2.35. The Balaban J connectivity index is 0.00000243. The predicted octanol–water partition coefficient (Wildman–Crippen LogP) is 5.48. The summed E-state index contributed by atoms with van der Waals surface area (Å²) in [6, 6.07) is 7.84. The minimum Gasteiger partial charge on any atom is -0.405 e. The maximum Gasteiger partial charge on any atom is 0.573 e. The number of nitrogens with one attached hydrogen (secondary N) is 1. The monoisotopic (exact) mass is 490 g/mol. The fraction of sp³-hybridized carbons (Fsp3) is 0.375. The Bertz CT molecular complexity index is 739. The van der Waals surface area contributed by atoms with Crippen molar-refractivity contribution in [2.45, 2.75) is 12.4 Å². The molecule has 0 unspecified atom stereocenters. The Morgan fingerprint density at radius 2 is 1.88 bits per heavy atom. The molecule has 1 atom stereocenters. The topological polar surface area (TPSA) is 24.5 Å². The second-order valence-electron chi connectivity index (χ2n) is 5.56. The van der Waals surface area contributed by atoms with Gasteiger partial charge in [0, 0.05) is 41.1 Å². The first-order valence-corrected chi connectivity index (χ1v) is 9.57. The summed E-state index contributed by atoms with van der Waals surface area (Å²) in [5, 5.41) is 3.26. The molecular formula is C16H16BrCl2F3N2OS. The smallest absolute Gasteiger partial charge is 0.405 e. The van der Waals surface area contributed by atoms with Crippen molar-refractivity contribution < 1.29 is 17.9 Å². The van der Waals surface area contributed by atoms with E-state index >= 15 is 0 Å². The van der Waals surface area contributed by atoms with Crippen LogP contribution in [0.2, 0.25) is 4.34 Å². The van der Waals surface area contributed by atoms with E-state index in [0.29, 0.717) is 14.4 Å². The Morgan fingerprint density at radius 1 is 1.19 bits per heavy atom. The highest BCUT2D eigenvalue weighted by Crippen LogP contribution is 2.41. The van der Waals surface area contributed by atoms with Crippen LogP contribution in [-0.2, 0) is 0 Å². The van der Waals surface area contributed by atoms with E-state index in [1.807, 2.05) is 6.07 Å². The molecule has 0 aliphatic carbocycles. The lowest BCUT2D eigenvalue weighted by Crippen LogP contribution is -2.45. The second-order valence-corrected chi connectivity index (χ2v) is 8.22. The maximum atomic E-state index is 12.9. The van der Waals surface area contributed by atoms with Gasteiger partial charge in [-0.1, -0.05) is 27.5 Å². The molecule has 10 heteroatoms. The van der Waals surface area contributed by atoms with Crippen LogP contribution in [0.1, 0.15) is 16.5 Å². The van der Waals surface area contributed by atoms with Crippen LogP contribution in [-0.4, -0.2) is 37.4 Å². The highest BCUT2D eigenvalue weighted by molar-refractivity contribution is 9.10. The normalized spacial score (nSPS) is 16.8. The summed E-state index contributed by atoms with van der Waals surface area (Å²) in [4.78, 5) is 3.03. The van der Waals surface area contributed by atoms with Gasteiger partial charge in [0.25, 0.3) is 0 Å². The van der Waals surface area contributed by atoms with E-state index in [-0.39, 0.29) is 24.2 Å². The van der Waals surface area contributed by atoms with Crippen molar-refractivity contribution in [3.05, 3.63) is 49.6 Å². The lowest BCUT2D eigenvalue weighted by atomic mass is 10.0. The first-order chi connectivity index (χ1) is 11.8. The van der Waals surface area contributed by atoms with E-state index in [0.717, 1.165) is 31.1 Å². The number of nitrogens with zero attached hydrogens (tertiary/aromatic N) is 1. The molecule has 26 heavy (non-hydrogen) atoms. The van der Waals surface area contributed by atoms with E-state index in [2.05, 4.69) is 30.9 Å². The molecule has 0 bridgehead atoms. The molecular weight excluding hydrogens is 476 g/mol. The van der Waals surface area contributed by atoms with Gasteiger partial charge in [-0.05, 0) is 30.3 Å². The summed E-state index contributed by atoms with van der Waals surface area (Å²) >= 11 is 10.8. The van der Waals surface area contributed by atoms with E-state index < -0.39 is 6.36 Å². The van der Waals surface area contributed by atoms with Crippen LogP contribution in [0, 0.1) is 0 Å². The summed E-state index contributed by atoms with van der Waals surface area (Å²) < 4.78 is 44.2. The number of hydrogen-bond acceptors (Lipinski definition) is 4. The molecule has 0 spiro atoms. The van der Waals surface area contributed by atoms with E-state index in [9.17, 15) is 13.2 Å². The van der Waals surface area contributed by atoms with E-state index in [1.165, 1.54) is 17.4 Å². The molecule has 0 amide bonds. The van der Waals surface area contributed by atoms with Gasteiger partial charge in [-0.25, -0.2) is 0 Å². The van der Waals surface area contributed by atoms with Crippen LogP contribution in [0.15, 0.2) is 34.8 Å². The molecule has 0 saturated carbocycles. The number of rotatable bonds is 4. The zero-order valence-electron chi connectivity index (χ0n) is 13.4. The molecule has 1 aliphatic rings. The van der Waals surface area contributed by atoms with Gasteiger partial charge in [0.2, 0.25) is 0 Å². The number of ether oxygens (including phenoxy) is 1. The standard InChI is InChI=1S/C16H15BrClF3N2OS.ClH/c17-10-1-2-12(24-16(19,20)21)11(9-10)15(13-3-4-14(18)25-13)23-7-5-22-6-8-23;/h1-4,9,15,22H,5-8H2;1H/t15-;/m0./s1. The van der Waals surface area contributed by atoms with Gasteiger partial charge in [-0.2, -0.15) is 0 Å². The summed E-state index contributed by atoms with van der Waals surface area (Å²) in [5.74, 6) is -0.191. The minimum absolute atomic E-state index is 0. The van der Waals surface area contributed by atoms with Gasteiger partial charge in [0.1, 0.15) is 5.75 Å². The zero-order chi connectivity index (χ0) is 18.0. The van der Waals surface area contributed by atoms with Crippen molar-refractivity contribution in [1.29, 1.82) is 0 Å². The average molecular weight is 492 g/mol. The van der Waals surface area contributed by atoms with Crippen LogP contribution in [0.3, 0.4) is 0 Å². The summed E-state index contributed by atoms with van der Waals surface area (Å²) in [6.07, 6.45) is -4.75. The lowest BCUT2D eigenvalue weighted by Gasteiger charge is -2.35. The molecule has 1 aliphatic heterocycles. The Morgan fingerprint density at radius 3 is 2.46 bits per heavy atom. The van der Waals surface area contributed by atoms with Crippen molar-refractivity contribution in [2.75, 3.05) is 26.2 Å². The van der Waals surface area contributed by atoms with Crippen molar-refractivity contribution in [1.82, 2.24) is 10.2 Å². The highest BCUT2D eigenvalue weighted by atomic mass is 79.9. The molecule has 1 aromatic heterocycles. The van der Waals surface area contributed by atoms with Crippen LogP contribution < -0.4 is 10.1 Å². The first-order valence-electron chi connectivity index (χ1n) is 7.59. The number of piperazine rings is 1. The van der Waals surface area contributed by atoms with Gasteiger partial charge in [-0.3, -0.25) is 4.90 Å². The summed E-state index contributed by atoms with van der Waals surface area (Å²) in [7, 11) is 0. The quantitative estimate of drug-likeness (QED) is 0.612. The Labute approximate surface area is 173 Å². The molecule has 1 fully saturated rings. The van der Waals surface area contributed by atoms with Gasteiger partial charge < -0.3 is 10.1 Å². The maximum absolute atomic E-state index is 12.9. The third-order valence-corrected chi connectivity index (χ3v) is 5.65. The molecule has 2 aromatic rings. The third kappa shape index (κ3) is 5.50. The van der Waals surface area contributed by atoms with E-state index in [4.69, 9.17) is 11.6 Å². The van der Waals surface area contributed by atoms with Gasteiger partial charge in [0.05, 0.1) is 10.4 Å². The number of benzene rings is 1. The van der Waals surface area contributed by atoms with Crippen molar-refractivity contribution >= 4 is 51.3 Å². The van der Waals surface area contributed by atoms with Crippen molar-refractivity contribution in [3.63, 3.8) is 0 Å². The minimum atomic E-state index is -4.75. The van der Waals surface area contributed by atoms with Crippen LogP contribution in [0.5, 0.6) is 5.75 Å². The fourth-order valence-corrected chi connectivity index (χ4v) is 4.49. The molecule has 0 radical (unpaired) electrons. The van der Waals surface area contributed by atoms with Crippen LogP contribution >= 0.6 is 51.3 Å². The first kappa shape index (κ1) is 21.8. The second kappa shape index (κ2) is 9.12. The fourth-order valence-electron chi connectivity index (χ4n) is 2.90. The summed E-state index contributed by atoms with van der Waals surface area (Å²) in [5.41, 5.74) is 0.465. The SMILES string of the molecule is Cl.FC(F)(F)Oc1ccc(Br)cc1[C@@H](c1ccc(Cl)s1)N1CCNCC1. The zero-order valence-corrected chi connectivity index (χ0v) is 17.3. The van der Waals surface area contributed by atoms with E-state index in [1.54, 1.807) is 18.2 Å². The summed E-state index contributed by atoms with van der Waals surface area (Å²) in [6.45, 7) is 2.99. The van der Waals surface area contributed by atoms with Crippen molar-refractivity contribution in [3.8, 4) is 5.75 Å². The number of thiophene rings is 1. The Hall–Kier alpha value is -0.510. The van der Waals surface area contributed by atoms with Crippen LogP contribution in [0.4, 0.5) is 13.2 Å². The molecule has 3 nitrogen and oxygen atoms in total. The predicted molar refractivity (Wildman–Crippen MR) is 104 cm³/mol. The number of alkyl halides is 3. The molecule has 144 valence electrons. The van der Waals surface area contributed by atoms with Gasteiger partial charge in [-0.15, -0.1) is 36.9 Å². The van der Waals surface area contributed by atoms with Crippen molar-refractivity contribution in [2.24, 2.45) is 0 Å². The molecule has 3 rings (SSSR count). The van der Waals surface area contributed by atoms with Gasteiger partial charge >= 0.3 is 6.36 Å². The molecule has 1 aromatic carbocycles. The number of hydrogen-bond donors (Lipinski definition) is 1. The largest absolute Gasteiger partial charge is 0.573 e. The molecule has 1 saturated heterocycles. The molecule has 1 N–H and O–H groups in total. The molecule has 2 heterocycles. The Kier molecular flexibility index (Phi) is 7.64. The average Bonchev–Trinajstić information content (AvgIpc) is 2.96. The lowest BCUT2D eigenvalue weighted by molar-refractivity contribution is -0.275.